The highest BCUT2D eigenvalue weighted by Gasteiger charge is 2.26. The first-order chi connectivity index (χ1) is 15.4. The summed E-state index contributed by atoms with van der Waals surface area (Å²) in [4.78, 5) is 13.7. The topological polar surface area (TPSA) is 75.7 Å². The van der Waals surface area contributed by atoms with E-state index in [4.69, 9.17) is 16.3 Å². The van der Waals surface area contributed by atoms with E-state index in [-0.39, 0.29) is 17.2 Å². The van der Waals surface area contributed by atoms with Gasteiger partial charge in [0.05, 0.1) is 12.0 Å². The van der Waals surface area contributed by atoms with E-state index in [1.807, 2.05) is 24.3 Å². The number of amides is 1. The molecule has 0 aromatic heterocycles. The van der Waals surface area contributed by atoms with Crippen LogP contribution in [-0.4, -0.2) is 51.1 Å². The summed E-state index contributed by atoms with van der Waals surface area (Å²) in [6, 6.07) is 12.5. The molecule has 1 aliphatic rings. The maximum Gasteiger partial charge on any atom is 0.243 e. The molecule has 1 N–H and O–H groups in total. The molecule has 2 aromatic carbocycles. The average molecular weight is 497 g/mol. The lowest BCUT2D eigenvalue weighted by atomic mass is 10.1. The molecule has 3 rings (SSSR count). The van der Waals surface area contributed by atoms with Crippen LogP contribution in [0.4, 0.5) is 0 Å². The van der Waals surface area contributed by atoms with Gasteiger partial charge in [-0.1, -0.05) is 18.0 Å². The van der Waals surface area contributed by atoms with Crippen molar-refractivity contribution in [1.82, 2.24) is 9.62 Å². The van der Waals surface area contributed by atoms with Crippen molar-refractivity contribution in [3.8, 4) is 5.75 Å². The highest BCUT2D eigenvalue weighted by atomic mass is 35.5. The summed E-state index contributed by atoms with van der Waals surface area (Å²) >= 11 is 7.53. The molecular formula is C23H29ClN2O4S2. The number of carbonyl (C=O) groups is 1. The lowest BCUT2D eigenvalue weighted by Gasteiger charge is -2.26. The number of aryl methyl sites for hydroxylation is 1. The second-order valence-electron chi connectivity index (χ2n) is 7.59. The van der Waals surface area contributed by atoms with Crippen LogP contribution in [0, 0.1) is 0 Å². The fraction of sp³-hybridized carbons (Fsp3) is 0.435. The van der Waals surface area contributed by atoms with Crippen LogP contribution >= 0.6 is 23.4 Å². The molecule has 0 atom stereocenters. The molecule has 0 unspecified atom stereocenters. The highest BCUT2D eigenvalue weighted by molar-refractivity contribution is 7.99. The zero-order valence-corrected chi connectivity index (χ0v) is 20.6. The zero-order chi connectivity index (χ0) is 23.0. The number of nitrogens with zero attached hydrogens (tertiary/aromatic N) is 1. The number of carbonyl (C=O) groups excluding carboxylic acids is 1. The van der Waals surface area contributed by atoms with E-state index in [1.54, 1.807) is 41.4 Å². The van der Waals surface area contributed by atoms with Gasteiger partial charge in [0, 0.05) is 41.7 Å². The van der Waals surface area contributed by atoms with Crippen molar-refractivity contribution < 1.29 is 17.9 Å². The van der Waals surface area contributed by atoms with Crippen molar-refractivity contribution in [2.45, 2.75) is 41.9 Å². The monoisotopic (exact) mass is 496 g/mol. The SMILES string of the molecule is COc1ccc(S(=O)(=O)N2CCCCC2)cc1CCC(=O)NCCSc1ccc(Cl)cc1. The van der Waals surface area contributed by atoms with Gasteiger partial charge in [-0.15, -0.1) is 11.8 Å². The van der Waals surface area contributed by atoms with Crippen LogP contribution in [0.5, 0.6) is 5.75 Å². The number of ether oxygens (including phenoxy) is 1. The van der Waals surface area contributed by atoms with Crippen molar-refractivity contribution >= 4 is 39.3 Å². The molecule has 0 radical (unpaired) electrons. The Bertz CT molecular complexity index is 1010. The Kier molecular flexibility index (Phi) is 9.28. The molecule has 0 aliphatic carbocycles. The summed E-state index contributed by atoms with van der Waals surface area (Å²) in [5.74, 6) is 1.27. The number of benzene rings is 2. The third-order valence-corrected chi connectivity index (χ3v) is 8.49. The van der Waals surface area contributed by atoms with Gasteiger partial charge in [-0.05, 0) is 67.3 Å². The highest BCUT2D eigenvalue weighted by Crippen LogP contribution is 2.27. The minimum Gasteiger partial charge on any atom is -0.496 e. The molecular weight excluding hydrogens is 468 g/mol. The largest absolute Gasteiger partial charge is 0.496 e. The van der Waals surface area contributed by atoms with Gasteiger partial charge >= 0.3 is 0 Å². The van der Waals surface area contributed by atoms with Gasteiger partial charge in [0.1, 0.15) is 5.75 Å². The number of thioether (sulfide) groups is 1. The number of hydrogen-bond acceptors (Lipinski definition) is 5. The van der Waals surface area contributed by atoms with Gasteiger partial charge in [0.2, 0.25) is 15.9 Å². The van der Waals surface area contributed by atoms with E-state index >= 15 is 0 Å². The first-order valence-electron chi connectivity index (χ1n) is 10.7. The van der Waals surface area contributed by atoms with Gasteiger partial charge in [-0.2, -0.15) is 4.31 Å². The lowest BCUT2D eigenvalue weighted by molar-refractivity contribution is -0.120. The molecule has 1 aliphatic heterocycles. The van der Waals surface area contributed by atoms with E-state index in [0.29, 0.717) is 36.8 Å². The number of sulfonamides is 1. The van der Waals surface area contributed by atoms with E-state index in [9.17, 15) is 13.2 Å². The number of piperidine rings is 1. The Morgan fingerprint density at radius 2 is 1.84 bits per heavy atom. The fourth-order valence-electron chi connectivity index (χ4n) is 3.59. The second-order valence-corrected chi connectivity index (χ2v) is 11.1. The summed E-state index contributed by atoms with van der Waals surface area (Å²) in [6.07, 6.45) is 3.50. The quantitative estimate of drug-likeness (QED) is 0.390. The van der Waals surface area contributed by atoms with Crippen molar-refractivity contribution in [1.29, 1.82) is 0 Å². The fourth-order valence-corrected chi connectivity index (χ4v) is 6.05. The van der Waals surface area contributed by atoms with Crippen molar-refractivity contribution in [3.05, 3.63) is 53.1 Å². The molecule has 174 valence electrons. The van der Waals surface area contributed by atoms with Crippen LogP contribution in [0.2, 0.25) is 5.02 Å². The van der Waals surface area contributed by atoms with Crippen LogP contribution in [0.15, 0.2) is 52.3 Å². The van der Waals surface area contributed by atoms with Crippen molar-refractivity contribution in [2.24, 2.45) is 0 Å². The third kappa shape index (κ3) is 6.88. The molecule has 1 fully saturated rings. The van der Waals surface area contributed by atoms with E-state index in [0.717, 1.165) is 35.5 Å². The van der Waals surface area contributed by atoms with Crippen molar-refractivity contribution in [2.75, 3.05) is 32.5 Å². The Morgan fingerprint density at radius 3 is 2.53 bits per heavy atom. The molecule has 1 amide bonds. The Balaban J connectivity index is 1.53. The Morgan fingerprint density at radius 1 is 1.12 bits per heavy atom. The molecule has 32 heavy (non-hydrogen) atoms. The van der Waals surface area contributed by atoms with Crippen LogP contribution in [0.1, 0.15) is 31.2 Å². The Labute approximate surface area is 199 Å². The zero-order valence-electron chi connectivity index (χ0n) is 18.2. The van der Waals surface area contributed by atoms with E-state index in [2.05, 4.69) is 5.32 Å². The Hall–Kier alpha value is -1.74. The molecule has 1 heterocycles. The first kappa shape index (κ1) is 24.9. The maximum atomic E-state index is 13.0. The summed E-state index contributed by atoms with van der Waals surface area (Å²) in [5, 5.41) is 3.62. The predicted octanol–water partition coefficient (Wildman–Crippen LogP) is 4.36. The third-order valence-electron chi connectivity index (χ3n) is 5.33. The van der Waals surface area contributed by atoms with Gasteiger partial charge in [-0.3, -0.25) is 4.79 Å². The number of nitrogens with one attached hydrogen (secondary N) is 1. The first-order valence-corrected chi connectivity index (χ1v) is 13.5. The van der Waals surface area contributed by atoms with Crippen LogP contribution in [0.25, 0.3) is 0 Å². The van der Waals surface area contributed by atoms with Gasteiger partial charge < -0.3 is 10.1 Å². The van der Waals surface area contributed by atoms with Gasteiger partial charge in [0.25, 0.3) is 0 Å². The molecule has 1 saturated heterocycles. The predicted molar refractivity (Wildman–Crippen MR) is 129 cm³/mol. The molecule has 0 bridgehead atoms. The van der Waals surface area contributed by atoms with Crippen molar-refractivity contribution in [3.63, 3.8) is 0 Å². The second kappa shape index (κ2) is 11.9. The lowest BCUT2D eigenvalue weighted by Crippen LogP contribution is -2.35. The summed E-state index contributed by atoms with van der Waals surface area (Å²) in [5.41, 5.74) is 0.719. The standard InChI is InChI=1S/C23H29ClN2O4S2/c1-30-22-11-10-21(32(28,29)26-14-3-2-4-15-26)17-18(22)5-12-23(27)25-13-16-31-20-8-6-19(24)7-9-20/h6-11,17H,2-5,12-16H2,1H3,(H,25,27). The van der Waals surface area contributed by atoms with E-state index < -0.39 is 10.0 Å². The van der Waals surface area contributed by atoms with E-state index in [1.165, 1.54) is 0 Å². The normalized spacial score (nSPS) is 14.8. The molecule has 2 aromatic rings. The van der Waals surface area contributed by atoms with Crippen LogP contribution in [0.3, 0.4) is 0 Å². The minimum atomic E-state index is -3.53. The number of hydrogen-bond donors (Lipinski definition) is 1. The number of methoxy groups -OCH3 is 1. The summed E-state index contributed by atoms with van der Waals surface area (Å²) < 4.78 is 32.9. The van der Waals surface area contributed by atoms with Gasteiger partial charge in [0.15, 0.2) is 0 Å². The smallest absolute Gasteiger partial charge is 0.243 e. The number of rotatable bonds is 10. The molecule has 0 saturated carbocycles. The van der Waals surface area contributed by atoms with Gasteiger partial charge in [-0.25, -0.2) is 8.42 Å². The van der Waals surface area contributed by atoms with Crippen LogP contribution in [-0.2, 0) is 21.2 Å². The average Bonchev–Trinajstić information content (AvgIpc) is 2.82. The molecule has 9 heteroatoms. The maximum absolute atomic E-state index is 13.0. The molecule has 6 nitrogen and oxygen atoms in total. The van der Waals surface area contributed by atoms with Crippen LogP contribution < -0.4 is 10.1 Å². The summed E-state index contributed by atoms with van der Waals surface area (Å²) in [6.45, 7) is 1.66. The number of halogens is 1. The molecule has 0 spiro atoms. The minimum absolute atomic E-state index is 0.0759. The summed E-state index contributed by atoms with van der Waals surface area (Å²) in [7, 11) is -1.98.